The Balaban J connectivity index is 0.00000484. The lowest BCUT2D eigenvalue weighted by atomic mass is 10.2. The topological polar surface area (TPSA) is 40.1 Å². The van der Waals surface area contributed by atoms with E-state index in [1.807, 2.05) is 11.9 Å². The molecule has 7 heteroatoms. The van der Waals surface area contributed by atoms with Crippen molar-refractivity contribution >= 4 is 29.9 Å². The summed E-state index contributed by atoms with van der Waals surface area (Å²) >= 11 is 0. The Hall–Kier alpha value is -0.930. The fourth-order valence-electron chi connectivity index (χ4n) is 2.04. The molecule has 132 valence electrons. The van der Waals surface area contributed by atoms with Crippen LogP contribution in [0.25, 0.3) is 0 Å². The van der Waals surface area contributed by atoms with Gasteiger partial charge in [0.25, 0.3) is 0 Å². The van der Waals surface area contributed by atoms with E-state index in [2.05, 4.69) is 22.3 Å². The number of aliphatic imine (C=N–C) groups is 1. The highest BCUT2D eigenvalue weighted by Gasteiger charge is 2.07. The molecule has 5 nitrogen and oxygen atoms in total. The van der Waals surface area contributed by atoms with E-state index in [-0.39, 0.29) is 29.8 Å². The van der Waals surface area contributed by atoms with Crippen LogP contribution in [0.3, 0.4) is 0 Å². The van der Waals surface area contributed by atoms with Crippen LogP contribution < -0.4 is 5.32 Å². The molecule has 0 amide bonds. The van der Waals surface area contributed by atoms with E-state index in [4.69, 9.17) is 4.74 Å². The minimum absolute atomic E-state index is 0. The van der Waals surface area contributed by atoms with E-state index < -0.39 is 0 Å². The quantitative estimate of drug-likeness (QED) is 0.383. The Morgan fingerprint density at radius 3 is 2.43 bits per heavy atom. The van der Waals surface area contributed by atoms with Crippen LogP contribution in [0.1, 0.15) is 5.56 Å². The number of hydrogen-bond acceptors (Lipinski definition) is 3. The molecule has 0 spiro atoms. The van der Waals surface area contributed by atoms with Crippen molar-refractivity contribution in [2.75, 3.05) is 54.5 Å². The lowest BCUT2D eigenvalue weighted by Gasteiger charge is -2.23. The van der Waals surface area contributed by atoms with Crippen LogP contribution in [0.15, 0.2) is 29.3 Å². The van der Waals surface area contributed by atoms with Gasteiger partial charge in [0.2, 0.25) is 0 Å². The summed E-state index contributed by atoms with van der Waals surface area (Å²) in [7, 11) is 7.50. The lowest BCUT2D eigenvalue weighted by Crippen LogP contribution is -2.42. The summed E-state index contributed by atoms with van der Waals surface area (Å²) in [5, 5.41) is 3.33. The molecule has 0 radical (unpaired) electrons. The molecule has 0 aliphatic carbocycles. The molecular formula is C16H28FIN4O. The highest BCUT2D eigenvalue weighted by atomic mass is 127. The van der Waals surface area contributed by atoms with Crippen molar-refractivity contribution in [2.45, 2.75) is 6.54 Å². The number of ether oxygens (including phenoxy) is 1. The van der Waals surface area contributed by atoms with E-state index in [1.165, 1.54) is 12.1 Å². The summed E-state index contributed by atoms with van der Waals surface area (Å²) in [5.74, 6) is 0.609. The van der Waals surface area contributed by atoms with Gasteiger partial charge in [-0.25, -0.2) is 4.39 Å². The zero-order chi connectivity index (χ0) is 16.4. The van der Waals surface area contributed by atoms with Gasteiger partial charge >= 0.3 is 0 Å². The second-order valence-corrected chi connectivity index (χ2v) is 5.25. The van der Waals surface area contributed by atoms with E-state index in [0.717, 1.165) is 37.8 Å². The van der Waals surface area contributed by atoms with Crippen molar-refractivity contribution in [2.24, 2.45) is 4.99 Å². The van der Waals surface area contributed by atoms with E-state index >= 15 is 0 Å². The lowest BCUT2D eigenvalue weighted by molar-refractivity contribution is 0.162. The summed E-state index contributed by atoms with van der Waals surface area (Å²) in [5.41, 5.74) is 1.05. The standard InChI is InChI=1S/C16H27FN4O.HI/c1-18-16(19-9-10-20(2)11-12-22-4)21(3)13-14-5-7-15(17)8-6-14;/h5-8H,9-13H2,1-4H3,(H,18,19);1H. The summed E-state index contributed by atoms with van der Waals surface area (Å²) < 4.78 is 18.0. The first-order chi connectivity index (χ1) is 10.6. The second-order valence-electron chi connectivity index (χ2n) is 5.25. The largest absolute Gasteiger partial charge is 0.383 e. The van der Waals surface area contributed by atoms with E-state index in [9.17, 15) is 4.39 Å². The third kappa shape index (κ3) is 9.07. The van der Waals surface area contributed by atoms with Gasteiger partial charge in [0.15, 0.2) is 5.96 Å². The van der Waals surface area contributed by atoms with Crippen molar-refractivity contribution in [3.8, 4) is 0 Å². The van der Waals surface area contributed by atoms with Gasteiger partial charge in [-0.3, -0.25) is 4.99 Å². The van der Waals surface area contributed by atoms with Crippen molar-refractivity contribution in [3.05, 3.63) is 35.6 Å². The maximum atomic E-state index is 12.9. The Kier molecular flexibility index (Phi) is 12.0. The number of rotatable bonds is 8. The number of hydrogen-bond donors (Lipinski definition) is 1. The molecule has 1 rings (SSSR count). The van der Waals surface area contributed by atoms with Gasteiger partial charge in [0.05, 0.1) is 6.61 Å². The Morgan fingerprint density at radius 1 is 1.22 bits per heavy atom. The molecule has 0 aromatic heterocycles. The fourth-order valence-corrected chi connectivity index (χ4v) is 2.04. The number of nitrogens with one attached hydrogen (secondary N) is 1. The van der Waals surface area contributed by atoms with Crippen molar-refractivity contribution in [1.82, 2.24) is 15.1 Å². The van der Waals surface area contributed by atoms with Crippen LogP contribution in [0.5, 0.6) is 0 Å². The van der Waals surface area contributed by atoms with Crippen LogP contribution in [-0.4, -0.2) is 70.3 Å². The van der Waals surface area contributed by atoms with E-state index in [0.29, 0.717) is 6.54 Å². The maximum Gasteiger partial charge on any atom is 0.193 e. The van der Waals surface area contributed by atoms with Crippen LogP contribution >= 0.6 is 24.0 Å². The van der Waals surface area contributed by atoms with Crippen LogP contribution in [0, 0.1) is 5.82 Å². The molecule has 0 saturated carbocycles. The number of nitrogens with zero attached hydrogens (tertiary/aromatic N) is 3. The van der Waals surface area contributed by atoms with Gasteiger partial charge in [-0.1, -0.05) is 12.1 Å². The van der Waals surface area contributed by atoms with Gasteiger partial charge in [-0.05, 0) is 24.7 Å². The van der Waals surface area contributed by atoms with Gasteiger partial charge < -0.3 is 19.9 Å². The smallest absolute Gasteiger partial charge is 0.193 e. The van der Waals surface area contributed by atoms with Gasteiger partial charge in [0.1, 0.15) is 5.82 Å². The molecule has 0 unspecified atom stereocenters. The van der Waals surface area contributed by atoms with E-state index in [1.54, 1.807) is 26.3 Å². The molecule has 1 aromatic rings. The number of likely N-dealkylation sites (N-methyl/N-ethyl adjacent to an activating group) is 1. The first-order valence-corrected chi connectivity index (χ1v) is 7.40. The molecule has 1 aromatic carbocycles. The second kappa shape index (κ2) is 12.5. The number of guanidine groups is 1. The number of halogens is 2. The molecule has 0 aliphatic rings. The molecule has 0 heterocycles. The average molecular weight is 438 g/mol. The Bertz CT molecular complexity index is 456. The Morgan fingerprint density at radius 2 is 1.87 bits per heavy atom. The zero-order valence-electron chi connectivity index (χ0n) is 14.4. The zero-order valence-corrected chi connectivity index (χ0v) is 16.7. The van der Waals surface area contributed by atoms with Gasteiger partial charge in [-0.15, -0.1) is 24.0 Å². The molecule has 1 N–H and O–H groups in total. The van der Waals surface area contributed by atoms with Crippen LogP contribution in [0.4, 0.5) is 4.39 Å². The first kappa shape index (κ1) is 22.1. The fraction of sp³-hybridized carbons (Fsp3) is 0.562. The molecule has 0 bridgehead atoms. The highest BCUT2D eigenvalue weighted by molar-refractivity contribution is 14.0. The summed E-state index contributed by atoms with van der Waals surface area (Å²) in [6.45, 7) is 4.03. The number of methoxy groups -OCH3 is 1. The third-order valence-corrected chi connectivity index (χ3v) is 3.36. The molecule has 0 saturated heterocycles. The summed E-state index contributed by atoms with van der Waals surface area (Å²) in [6, 6.07) is 6.53. The first-order valence-electron chi connectivity index (χ1n) is 7.40. The highest BCUT2D eigenvalue weighted by Crippen LogP contribution is 2.05. The van der Waals surface area contributed by atoms with Crippen molar-refractivity contribution < 1.29 is 9.13 Å². The monoisotopic (exact) mass is 438 g/mol. The number of benzene rings is 1. The predicted octanol–water partition coefficient (Wildman–Crippen LogP) is 2.03. The Labute approximate surface area is 155 Å². The molecule has 0 fully saturated rings. The summed E-state index contributed by atoms with van der Waals surface area (Å²) in [4.78, 5) is 8.49. The SMILES string of the molecule is CN=C(NCCN(C)CCOC)N(C)Cc1ccc(F)cc1.I. The molecule has 0 aliphatic heterocycles. The van der Waals surface area contributed by atoms with Crippen LogP contribution in [0.2, 0.25) is 0 Å². The van der Waals surface area contributed by atoms with Crippen molar-refractivity contribution in [3.63, 3.8) is 0 Å². The molecule has 0 atom stereocenters. The van der Waals surface area contributed by atoms with Crippen LogP contribution in [-0.2, 0) is 11.3 Å². The molecular weight excluding hydrogens is 410 g/mol. The van der Waals surface area contributed by atoms with Crippen molar-refractivity contribution in [1.29, 1.82) is 0 Å². The minimum atomic E-state index is -0.215. The minimum Gasteiger partial charge on any atom is -0.383 e. The van der Waals surface area contributed by atoms with Gasteiger partial charge in [-0.2, -0.15) is 0 Å². The van der Waals surface area contributed by atoms with Gasteiger partial charge in [0, 0.05) is 47.4 Å². The third-order valence-electron chi connectivity index (χ3n) is 3.36. The maximum absolute atomic E-state index is 12.9. The summed E-state index contributed by atoms with van der Waals surface area (Å²) in [6.07, 6.45) is 0. The predicted molar refractivity (Wildman–Crippen MR) is 104 cm³/mol. The average Bonchev–Trinajstić information content (AvgIpc) is 2.51. The normalized spacial score (nSPS) is 11.3. The molecule has 23 heavy (non-hydrogen) atoms.